The summed E-state index contributed by atoms with van der Waals surface area (Å²) in [5.74, 6) is 2.58. The first-order chi connectivity index (χ1) is 12.5. The Balaban J connectivity index is 1.70. The van der Waals surface area contributed by atoms with Crippen molar-refractivity contribution in [3.05, 3.63) is 29.3 Å². The second-order valence-electron chi connectivity index (χ2n) is 9.00. The molecule has 1 aromatic rings. The second-order valence-corrected chi connectivity index (χ2v) is 9.00. The summed E-state index contributed by atoms with van der Waals surface area (Å²) in [6.07, 6.45) is 6.66. The average Bonchev–Trinajstić information content (AvgIpc) is 2.82. The van der Waals surface area contributed by atoms with E-state index in [0.29, 0.717) is 36.2 Å². The molecule has 0 aliphatic heterocycles. The molecule has 1 aromatic carbocycles. The lowest BCUT2D eigenvalue weighted by Crippen LogP contribution is -2.39. The summed E-state index contributed by atoms with van der Waals surface area (Å²) in [5, 5.41) is 24.2. The SMILES string of the molecule is COCNC[C@H]1C[C@@H]2[C@H](CCC[C@]3(C)[C@@H](O)CC[C@@H]23)c2ccc(O)cc21. The largest absolute Gasteiger partial charge is 0.508 e. The van der Waals surface area contributed by atoms with Crippen molar-refractivity contribution in [3.8, 4) is 5.75 Å². The molecule has 0 amide bonds. The Bertz CT molecular complexity index is 648. The van der Waals surface area contributed by atoms with Gasteiger partial charge in [0.1, 0.15) is 5.75 Å². The molecule has 3 N–H and O–H groups in total. The molecule has 6 atom stereocenters. The van der Waals surface area contributed by atoms with Gasteiger partial charge in [0.2, 0.25) is 0 Å². The number of benzene rings is 1. The third-order valence-electron chi connectivity index (χ3n) is 7.73. The van der Waals surface area contributed by atoms with E-state index in [4.69, 9.17) is 4.74 Å². The molecular weight excluding hydrogens is 326 g/mol. The van der Waals surface area contributed by atoms with E-state index >= 15 is 0 Å². The van der Waals surface area contributed by atoms with Crippen LogP contribution < -0.4 is 5.32 Å². The Kier molecular flexibility index (Phi) is 5.02. The van der Waals surface area contributed by atoms with E-state index < -0.39 is 0 Å². The van der Waals surface area contributed by atoms with Crippen molar-refractivity contribution in [1.29, 1.82) is 0 Å². The highest BCUT2D eigenvalue weighted by molar-refractivity contribution is 5.42. The molecule has 26 heavy (non-hydrogen) atoms. The Hall–Kier alpha value is -1.10. The molecule has 4 nitrogen and oxygen atoms in total. The summed E-state index contributed by atoms with van der Waals surface area (Å²) in [7, 11) is 1.71. The number of hydrogen-bond acceptors (Lipinski definition) is 4. The van der Waals surface area contributed by atoms with E-state index in [9.17, 15) is 10.2 Å². The van der Waals surface area contributed by atoms with E-state index in [1.165, 1.54) is 24.0 Å². The van der Waals surface area contributed by atoms with E-state index in [1.54, 1.807) is 7.11 Å². The lowest BCUT2D eigenvalue weighted by atomic mass is 9.61. The number of phenolic OH excluding ortho intramolecular Hbond substituents is 1. The summed E-state index contributed by atoms with van der Waals surface area (Å²) >= 11 is 0. The molecule has 0 saturated heterocycles. The zero-order chi connectivity index (χ0) is 18.3. The Morgan fingerprint density at radius 1 is 1.23 bits per heavy atom. The number of rotatable bonds is 4. The Morgan fingerprint density at radius 2 is 2.08 bits per heavy atom. The minimum absolute atomic E-state index is 0.0817. The van der Waals surface area contributed by atoms with Crippen LogP contribution >= 0.6 is 0 Å². The Labute approximate surface area is 157 Å². The molecular formula is C22H33NO3. The van der Waals surface area contributed by atoms with Crippen LogP contribution in [0, 0.1) is 17.3 Å². The number of aliphatic hydroxyl groups excluding tert-OH is 1. The normalized spacial score (nSPS) is 39.0. The number of nitrogens with one attached hydrogen (secondary N) is 1. The maximum absolute atomic E-state index is 10.7. The number of aliphatic hydroxyl groups is 1. The van der Waals surface area contributed by atoms with Gasteiger partial charge < -0.3 is 14.9 Å². The molecule has 2 fully saturated rings. The number of phenols is 1. The molecule has 0 unspecified atom stereocenters. The fourth-order valence-electron chi connectivity index (χ4n) is 6.45. The Morgan fingerprint density at radius 3 is 2.88 bits per heavy atom. The highest BCUT2D eigenvalue weighted by Gasteiger charge is 2.53. The van der Waals surface area contributed by atoms with Gasteiger partial charge in [0.15, 0.2) is 0 Å². The molecule has 3 aliphatic carbocycles. The first-order valence-electron chi connectivity index (χ1n) is 10.2. The number of fused-ring (bicyclic) bond motifs is 5. The predicted octanol–water partition coefficient (Wildman–Crippen LogP) is 3.73. The molecule has 144 valence electrons. The van der Waals surface area contributed by atoms with Gasteiger partial charge in [-0.1, -0.05) is 19.4 Å². The van der Waals surface area contributed by atoms with Gasteiger partial charge >= 0.3 is 0 Å². The summed E-state index contributed by atoms with van der Waals surface area (Å²) in [6.45, 7) is 3.76. The average molecular weight is 360 g/mol. The van der Waals surface area contributed by atoms with E-state index in [-0.39, 0.29) is 11.5 Å². The van der Waals surface area contributed by atoms with Crippen molar-refractivity contribution in [3.63, 3.8) is 0 Å². The van der Waals surface area contributed by atoms with Crippen LogP contribution in [0.3, 0.4) is 0 Å². The zero-order valence-corrected chi connectivity index (χ0v) is 16.1. The summed E-state index contributed by atoms with van der Waals surface area (Å²) in [4.78, 5) is 0. The van der Waals surface area contributed by atoms with Gasteiger partial charge in [0, 0.05) is 13.7 Å². The molecule has 0 spiro atoms. The van der Waals surface area contributed by atoms with Crippen molar-refractivity contribution < 1.29 is 14.9 Å². The van der Waals surface area contributed by atoms with Crippen molar-refractivity contribution in [1.82, 2.24) is 5.32 Å². The first-order valence-corrected chi connectivity index (χ1v) is 10.2. The number of methoxy groups -OCH3 is 1. The van der Waals surface area contributed by atoms with Crippen LogP contribution in [-0.2, 0) is 4.74 Å². The molecule has 0 heterocycles. The number of aromatic hydroxyl groups is 1. The smallest absolute Gasteiger partial charge is 0.115 e. The van der Waals surface area contributed by atoms with Crippen molar-refractivity contribution in [2.75, 3.05) is 20.4 Å². The van der Waals surface area contributed by atoms with Crippen molar-refractivity contribution in [2.45, 2.75) is 63.4 Å². The maximum Gasteiger partial charge on any atom is 0.115 e. The van der Waals surface area contributed by atoms with Gasteiger partial charge in [0.05, 0.1) is 12.8 Å². The van der Waals surface area contributed by atoms with Gasteiger partial charge in [0.25, 0.3) is 0 Å². The standard InChI is InChI=1S/C22H33NO3/c1-22-9-3-4-16-17-6-5-15(24)11-18(17)14(12-23-13-26-2)10-19(16)20(22)7-8-21(22)25/h5-6,11,14,16,19-21,23-25H,3-4,7-10,12-13H2,1-2H3/t14-,16-,19-,20+,21+,22+/m1/s1. The highest BCUT2D eigenvalue weighted by Crippen LogP contribution is 2.60. The lowest BCUT2D eigenvalue weighted by molar-refractivity contribution is 0.0146. The summed E-state index contributed by atoms with van der Waals surface area (Å²) in [6, 6.07) is 6.01. The quantitative estimate of drug-likeness (QED) is 0.566. The fourth-order valence-corrected chi connectivity index (χ4v) is 6.45. The topological polar surface area (TPSA) is 61.7 Å². The minimum Gasteiger partial charge on any atom is -0.508 e. The maximum atomic E-state index is 10.7. The molecule has 3 aliphatic rings. The lowest BCUT2D eigenvalue weighted by Gasteiger charge is -2.44. The van der Waals surface area contributed by atoms with E-state index in [0.717, 1.165) is 32.2 Å². The van der Waals surface area contributed by atoms with Gasteiger partial charge in [-0.25, -0.2) is 0 Å². The van der Waals surface area contributed by atoms with Gasteiger partial charge in [-0.3, -0.25) is 5.32 Å². The van der Waals surface area contributed by atoms with Crippen LogP contribution in [0.25, 0.3) is 0 Å². The molecule has 2 saturated carbocycles. The van der Waals surface area contributed by atoms with Gasteiger partial charge in [-0.05, 0) is 84.5 Å². The predicted molar refractivity (Wildman–Crippen MR) is 102 cm³/mol. The van der Waals surface area contributed by atoms with Crippen LogP contribution in [0.2, 0.25) is 0 Å². The minimum atomic E-state index is -0.141. The number of hydrogen-bond donors (Lipinski definition) is 3. The second kappa shape index (κ2) is 7.14. The van der Waals surface area contributed by atoms with E-state index in [1.807, 2.05) is 12.1 Å². The zero-order valence-electron chi connectivity index (χ0n) is 16.1. The van der Waals surface area contributed by atoms with Gasteiger partial charge in [-0.2, -0.15) is 0 Å². The van der Waals surface area contributed by atoms with Crippen LogP contribution in [0.4, 0.5) is 0 Å². The highest BCUT2D eigenvalue weighted by atomic mass is 16.5. The van der Waals surface area contributed by atoms with E-state index in [2.05, 4.69) is 18.3 Å². The van der Waals surface area contributed by atoms with Crippen molar-refractivity contribution >= 4 is 0 Å². The summed E-state index contributed by atoms with van der Waals surface area (Å²) in [5.41, 5.74) is 2.84. The van der Waals surface area contributed by atoms with Crippen LogP contribution in [-0.4, -0.2) is 36.7 Å². The summed E-state index contributed by atoms with van der Waals surface area (Å²) < 4.78 is 5.18. The van der Waals surface area contributed by atoms with Crippen molar-refractivity contribution in [2.24, 2.45) is 17.3 Å². The number of ether oxygens (including phenoxy) is 1. The van der Waals surface area contributed by atoms with Gasteiger partial charge in [-0.15, -0.1) is 0 Å². The van der Waals surface area contributed by atoms with Crippen LogP contribution in [0.15, 0.2) is 18.2 Å². The van der Waals surface area contributed by atoms with Crippen LogP contribution in [0.1, 0.15) is 68.4 Å². The molecule has 4 rings (SSSR count). The first kappa shape index (κ1) is 18.3. The monoisotopic (exact) mass is 359 g/mol. The van der Waals surface area contributed by atoms with Crippen LogP contribution in [0.5, 0.6) is 5.75 Å². The molecule has 0 bridgehead atoms. The fraction of sp³-hybridized carbons (Fsp3) is 0.727. The molecule has 4 heteroatoms. The third kappa shape index (κ3) is 2.96. The molecule has 0 aromatic heterocycles. The molecule has 0 radical (unpaired) electrons. The third-order valence-corrected chi connectivity index (χ3v) is 7.73.